The average molecular weight is 289 g/mol. The van der Waals surface area contributed by atoms with Gasteiger partial charge in [0.05, 0.1) is 0 Å². The summed E-state index contributed by atoms with van der Waals surface area (Å²) < 4.78 is 13.8. The van der Waals surface area contributed by atoms with E-state index in [1.54, 1.807) is 18.2 Å². The van der Waals surface area contributed by atoms with Gasteiger partial charge in [0.15, 0.2) is 0 Å². The van der Waals surface area contributed by atoms with Crippen molar-refractivity contribution in [3.05, 3.63) is 76.6 Å². The molecule has 0 N–H and O–H groups in total. The van der Waals surface area contributed by atoms with Gasteiger partial charge in [0.25, 0.3) is 0 Å². The van der Waals surface area contributed by atoms with E-state index in [9.17, 15) is 9.18 Å². The number of benzene rings is 2. The van der Waals surface area contributed by atoms with Gasteiger partial charge in [0.1, 0.15) is 12.1 Å². The zero-order valence-electron chi connectivity index (χ0n) is 10.9. The van der Waals surface area contributed by atoms with Gasteiger partial charge in [-0.2, -0.15) is 0 Å². The minimum Gasteiger partial charge on any atom is -0.299 e. The molecule has 3 heteroatoms. The molecule has 0 aromatic heterocycles. The molecule has 2 aromatic carbocycles. The zero-order valence-corrected chi connectivity index (χ0v) is 11.6. The van der Waals surface area contributed by atoms with E-state index in [0.717, 1.165) is 12.0 Å². The summed E-state index contributed by atoms with van der Waals surface area (Å²) >= 11 is 5.83. The van der Waals surface area contributed by atoms with Crippen LogP contribution >= 0.6 is 11.6 Å². The van der Waals surface area contributed by atoms with Crippen LogP contribution in [-0.2, 0) is 11.2 Å². The second-order valence-electron chi connectivity index (χ2n) is 4.43. The maximum Gasteiger partial charge on any atom is 0.143 e. The largest absolute Gasteiger partial charge is 0.299 e. The minimum absolute atomic E-state index is 0.309. The van der Waals surface area contributed by atoms with Crippen molar-refractivity contribution < 1.29 is 9.18 Å². The van der Waals surface area contributed by atoms with Crippen molar-refractivity contribution >= 4 is 23.5 Å². The standard InChI is InChI=1S/C17H14ClFO/c18-15-9-6-13(7-10-15)5-8-14(11-12-20)16-3-1-2-4-17(16)19/h1-4,6-7,9-12H,5,8H2/b14-11+. The third-order valence-corrected chi connectivity index (χ3v) is 3.34. The van der Waals surface area contributed by atoms with E-state index < -0.39 is 0 Å². The summed E-state index contributed by atoms with van der Waals surface area (Å²) in [5.74, 6) is -0.309. The third-order valence-electron chi connectivity index (χ3n) is 3.09. The van der Waals surface area contributed by atoms with Gasteiger partial charge in [-0.25, -0.2) is 4.39 Å². The van der Waals surface area contributed by atoms with Crippen LogP contribution in [-0.4, -0.2) is 6.29 Å². The zero-order chi connectivity index (χ0) is 14.4. The maximum absolute atomic E-state index is 13.8. The highest BCUT2D eigenvalue weighted by Crippen LogP contribution is 2.23. The van der Waals surface area contributed by atoms with Gasteiger partial charge < -0.3 is 0 Å². The van der Waals surface area contributed by atoms with Crippen LogP contribution in [0.15, 0.2) is 54.6 Å². The first-order valence-electron chi connectivity index (χ1n) is 6.34. The van der Waals surface area contributed by atoms with Crippen LogP contribution in [0.2, 0.25) is 5.02 Å². The monoisotopic (exact) mass is 288 g/mol. The van der Waals surface area contributed by atoms with E-state index in [1.165, 1.54) is 12.1 Å². The number of carbonyl (C=O) groups is 1. The molecule has 0 radical (unpaired) electrons. The summed E-state index contributed by atoms with van der Waals surface area (Å²) in [5.41, 5.74) is 2.28. The van der Waals surface area contributed by atoms with Gasteiger partial charge >= 0.3 is 0 Å². The number of aryl methyl sites for hydroxylation is 1. The third kappa shape index (κ3) is 3.78. The van der Waals surface area contributed by atoms with Crippen LogP contribution in [0.4, 0.5) is 4.39 Å². The van der Waals surface area contributed by atoms with Crippen molar-refractivity contribution in [3.63, 3.8) is 0 Å². The lowest BCUT2D eigenvalue weighted by molar-refractivity contribution is -0.104. The van der Waals surface area contributed by atoms with Gasteiger partial charge in [0, 0.05) is 10.6 Å². The lowest BCUT2D eigenvalue weighted by Gasteiger charge is -2.08. The molecule has 0 unspecified atom stereocenters. The van der Waals surface area contributed by atoms with E-state index in [-0.39, 0.29) is 5.82 Å². The lowest BCUT2D eigenvalue weighted by atomic mass is 9.98. The number of rotatable bonds is 5. The Hall–Kier alpha value is -1.93. The van der Waals surface area contributed by atoms with Gasteiger partial charge in [0.2, 0.25) is 0 Å². The summed E-state index contributed by atoms with van der Waals surface area (Å²) in [5, 5.41) is 0.687. The Balaban J connectivity index is 2.15. The highest BCUT2D eigenvalue weighted by molar-refractivity contribution is 6.30. The Morgan fingerprint density at radius 2 is 1.80 bits per heavy atom. The van der Waals surface area contributed by atoms with Crippen LogP contribution in [0.3, 0.4) is 0 Å². The van der Waals surface area contributed by atoms with Crippen LogP contribution in [0.5, 0.6) is 0 Å². The Bertz CT molecular complexity index is 617. The van der Waals surface area contributed by atoms with Gasteiger partial charge in [-0.15, -0.1) is 0 Å². The summed E-state index contributed by atoms with van der Waals surface area (Å²) in [7, 11) is 0. The number of aldehydes is 1. The lowest BCUT2D eigenvalue weighted by Crippen LogP contribution is -1.93. The fourth-order valence-electron chi connectivity index (χ4n) is 2.04. The molecular formula is C17H14ClFO. The van der Waals surface area contributed by atoms with Crippen LogP contribution in [0, 0.1) is 5.82 Å². The second kappa shape index (κ2) is 7.01. The summed E-state index contributed by atoms with van der Waals surface area (Å²) in [6.07, 6.45) is 3.45. The molecule has 2 aromatic rings. The summed E-state index contributed by atoms with van der Waals surface area (Å²) in [6, 6.07) is 14.0. The fraction of sp³-hybridized carbons (Fsp3) is 0.118. The molecule has 0 amide bonds. The van der Waals surface area contributed by atoms with Crippen molar-refractivity contribution in [3.8, 4) is 0 Å². The first-order valence-corrected chi connectivity index (χ1v) is 6.72. The van der Waals surface area contributed by atoms with E-state index in [1.807, 2.05) is 24.3 Å². The number of hydrogen-bond acceptors (Lipinski definition) is 1. The molecule has 0 aliphatic rings. The Kier molecular flexibility index (Phi) is 5.08. The van der Waals surface area contributed by atoms with Crippen molar-refractivity contribution in [2.45, 2.75) is 12.8 Å². The molecule has 0 saturated carbocycles. The van der Waals surface area contributed by atoms with E-state index in [4.69, 9.17) is 11.6 Å². The number of halogens is 2. The molecule has 0 aliphatic heterocycles. The first kappa shape index (κ1) is 14.5. The number of carbonyl (C=O) groups excluding carboxylic acids is 1. The van der Waals surface area contributed by atoms with Crippen molar-refractivity contribution in [2.24, 2.45) is 0 Å². The second-order valence-corrected chi connectivity index (χ2v) is 4.87. The van der Waals surface area contributed by atoms with E-state index in [0.29, 0.717) is 28.9 Å². The SMILES string of the molecule is O=C/C=C(\CCc1ccc(Cl)cc1)c1ccccc1F. The van der Waals surface area contributed by atoms with Gasteiger partial charge in [-0.3, -0.25) is 4.79 Å². The molecule has 20 heavy (non-hydrogen) atoms. The molecular weight excluding hydrogens is 275 g/mol. The summed E-state index contributed by atoms with van der Waals surface area (Å²) in [4.78, 5) is 10.7. The highest BCUT2D eigenvalue weighted by atomic mass is 35.5. The number of hydrogen-bond donors (Lipinski definition) is 0. The molecule has 102 valence electrons. The first-order chi connectivity index (χ1) is 9.70. The Morgan fingerprint density at radius 1 is 1.10 bits per heavy atom. The molecule has 0 atom stereocenters. The van der Waals surface area contributed by atoms with Crippen LogP contribution in [0.1, 0.15) is 17.5 Å². The summed E-state index contributed by atoms with van der Waals surface area (Å²) in [6.45, 7) is 0. The van der Waals surface area contributed by atoms with Crippen molar-refractivity contribution in [1.82, 2.24) is 0 Å². The van der Waals surface area contributed by atoms with Crippen LogP contribution in [0.25, 0.3) is 5.57 Å². The smallest absolute Gasteiger partial charge is 0.143 e. The average Bonchev–Trinajstić information content (AvgIpc) is 2.46. The predicted octanol–water partition coefficient (Wildman–Crippen LogP) is 4.69. The topological polar surface area (TPSA) is 17.1 Å². The molecule has 0 fully saturated rings. The molecule has 0 bridgehead atoms. The van der Waals surface area contributed by atoms with E-state index in [2.05, 4.69) is 0 Å². The molecule has 2 rings (SSSR count). The fourth-order valence-corrected chi connectivity index (χ4v) is 2.17. The quantitative estimate of drug-likeness (QED) is 0.576. The minimum atomic E-state index is -0.309. The normalized spacial score (nSPS) is 11.4. The van der Waals surface area contributed by atoms with E-state index >= 15 is 0 Å². The Morgan fingerprint density at radius 3 is 2.45 bits per heavy atom. The highest BCUT2D eigenvalue weighted by Gasteiger charge is 2.07. The maximum atomic E-state index is 13.8. The van der Waals surface area contributed by atoms with Crippen molar-refractivity contribution in [2.75, 3.05) is 0 Å². The molecule has 0 aliphatic carbocycles. The number of allylic oxidation sites excluding steroid dienone is 2. The molecule has 0 heterocycles. The van der Waals surface area contributed by atoms with Gasteiger partial charge in [-0.05, 0) is 48.3 Å². The van der Waals surface area contributed by atoms with Crippen LogP contribution < -0.4 is 0 Å². The van der Waals surface area contributed by atoms with Gasteiger partial charge in [-0.1, -0.05) is 41.9 Å². The van der Waals surface area contributed by atoms with Crippen molar-refractivity contribution in [1.29, 1.82) is 0 Å². The molecule has 0 spiro atoms. The Labute approximate surface area is 122 Å². The molecule has 0 saturated heterocycles. The molecule has 1 nitrogen and oxygen atoms in total. The predicted molar refractivity (Wildman–Crippen MR) is 80.2 cm³/mol.